The average Bonchev–Trinajstić information content (AvgIpc) is 3.27. The summed E-state index contributed by atoms with van der Waals surface area (Å²) in [6.45, 7) is 2.45. The number of nitriles is 1. The van der Waals surface area contributed by atoms with Gasteiger partial charge in [-0.3, -0.25) is 4.79 Å². The van der Waals surface area contributed by atoms with Gasteiger partial charge in [0.2, 0.25) is 0 Å². The number of carbonyl (C=O) groups excluding carboxylic acids is 1. The Balaban J connectivity index is 1.62. The molecule has 1 aromatic heterocycles. The summed E-state index contributed by atoms with van der Waals surface area (Å²) in [6.07, 6.45) is 1.99. The Hall–Kier alpha value is -4.16. The summed E-state index contributed by atoms with van der Waals surface area (Å²) in [5, 5.41) is 15.9. The number of nitrogens with zero attached hydrogens (tertiary/aromatic N) is 2. The van der Waals surface area contributed by atoms with Gasteiger partial charge in [-0.1, -0.05) is 22.8 Å². The van der Waals surface area contributed by atoms with Crippen LogP contribution in [0, 0.1) is 18.3 Å². The van der Waals surface area contributed by atoms with Crippen molar-refractivity contribution in [3.05, 3.63) is 64.4 Å². The van der Waals surface area contributed by atoms with Gasteiger partial charge in [0.05, 0.1) is 32.5 Å². The summed E-state index contributed by atoms with van der Waals surface area (Å²) in [6, 6.07) is 14.0. The molecule has 0 bridgehead atoms. The normalized spacial score (nSPS) is 10.9. The van der Waals surface area contributed by atoms with Gasteiger partial charge >= 0.3 is 0 Å². The van der Waals surface area contributed by atoms with Crippen LogP contribution < -0.4 is 24.3 Å². The molecule has 182 valence electrons. The van der Waals surface area contributed by atoms with Crippen molar-refractivity contribution >= 4 is 29.4 Å². The van der Waals surface area contributed by atoms with Crippen molar-refractivity contribution in [2.75, 3.05) is 32.8 Å². The van der Waals surface area contributed by atoms with Crippen LogP contribution in [0.2, 0.25) is 5.02 Å². The standard InChI is InChI=1S/C25H24ClN3O6/c1-16-10-23(29-35-16)28-25(30)18(15-27)11-17-12-21(26)24(22(13-17)32-3)34-9-5-8-33-20-7-4-6-19(14-20)31-2/h4,6-7,10-14H,5,8-9H2,1-3H3,(H,28,29,30)/b18-11-. The number of carbonyl (C=O) groups is 1. The monoisotopic (exact) mass is 497 g/mol. The number of anilines is 1. The maximum atomic E-state index is 12.4. The number of aryl methyl sites for hydroxylation is 1. The first-order valence-electron chi connectivity index (χ1n) is 10.6. The number of ether oxygens (including phenoxy) is 4. The second kappa shape index (κ2) is 12.3. The van der Waals surface area contributed by atoms with Gasteiger partial charge in [0.15, 0.2) is 17.3 Å². The SMILES string of the molecule is COc1cccc(OCCCOc2c(Cl)cc(/C=C(/C#N)C(=O)Nc3cc(C)on3)cc2OC)c1. The topological polar surface area (TPSA) is 116 Å². The molecule has 0 fully saturated rings. The summed E-state index contributed by atoms with van der Waals surface area (Å²) in [7, 11) is 3.07. The highest BCUT2D eigenvalue weighted by Crippen LogP contribution is 2.37. The van der Waals surface area contributed by atoms with E-state index in [1.54, 1.807) is 38.3 Å². The van der Waals surface area contributed by atoms with Crippen molar-refractivity contribution in [2.45, 2.75) is 13.3 Å². The molecule has 0 saturated heterocycles. The lowest BCUT2D eigenvalue weighted by Gasteiger charge is -2.14. The fourth-order valence-corrected chi connectivity index (χ4v) is 3.28. The number of amides is 1. The number of benzene rings is 2. The van der Waals surface area contributed by atoms with Gasteiger partial charge in [0.25, 0.3) is 5.91 Å². The minimum absolute atomic E-state index is 0.146. The van der Waals surface area contributed by atoms with Crippen LogP contribution in [-0.4, -0.2) is 38.5 Å². The molecule has 0 aliphatic heterocycles. The summed E-state index contributed by atoms with van der Waals surface area (Å²) in [5.74, 6) is 2.25. The number of hydrogen-bond acceptors (Lipinski definition) is 8. The highest BCUT2D eigenvalue weighted by Gasteiger charge is 2.15. The van der Waals surface area contributed by atoms with Crippen LogP contribution in [0.15, 0.2) is 52.6 Å². The minimum atomic E-state index is -0.632. The zero-order valence-corrected chi connectivity index (χ0v) is 20.2. The Bertz CT molecular complexity index is 1250. The van der Waals surface area contributed by atoms with Crippen molar-refractivity contribution in [1.29, 1.82) is 5.26 Å². The van der Waals surface area contributed by atoms with Gasteiger partial charge in [-0.25, -0.2) is 0 Å². The van der Waals surface area contributed by atoms with Crippen LogP contribution >= 0.6 is 11.6 Å². The van der Waals surface area contributed by atoms with E-state index in [1.807, 2.05) is 24.3 Å². The Morgan fingerprint density at radius 3 is 2.60 bits per heavy atom. The van der Waals surface area contributed by atoms with Crippen molar-refractivity contribution < 1.29 is 28.3 Å². The van der Waals surface area contributed by atoms with E-state index in [4.69, 9.17) is 35.1 Å². The largest absolute Gasteiger partial charge is 0.497 e. The molecule has 0 unspecified atom stereocenters. The molecule has 9 nitrogen and oxygen atoms in total. The van der Waals surface area contributed by atoms with Gasteiger partial charge in [-0.15, -0.1) is 0 Å². The third-order valence-electron chi connectivity index (χ3n) is 4.64. The van der Waals surface area contributed by atoms with Crippen LogP contribution in [0.4, 0.5) is 5.82 Å². The first-order chi connectivity index (χ1) is 16.9. The fraction of sp³-hybridized carbons (Fsp3) is 0.240. The van der Waals surface area contributed by atoms with Gasteiger partial charge in [0.1, 0.15) is 28.9 Å². The van der Waals surface area contributed by atoms with E-state index in [0.717, 1.165) is 5.75 Å². The summed E-state index contributed by atoms with van der Waals surface area (Å²) in [5.41, 5.74) is 0.343. The molecule has 10 heteroatoms. The average molecular weight is 498 g/mol. The Morgan fingerprint density at radius 1 is 1.14 bits per heavy atom. The van der Waals surface area contributed by atoms with E-state index in [0.29, 0.717) is 48.2 Å². The Morgan fingerprint density at radius 2 is 1.91 bits per heavy atom. The van der Waals surface area contributed by atoms with Gasteiger partial charge in [0, 0.05) is 18.6 Å². The molecule has 0 saturated carbocycles. The molecule has 2 aromatic carbocycles. The number of nitrogens with one attached hydrogen (secondary N) is 1. The van der Waals surface area contributed by atoms with Crippen molar-refractivity contribution in [2.24, 2.45) is 0 Å². The van der Waals surface area contributed by atoms with Crippen molar-refractivity contribution in [1.82, 2.24) is 5.16 Å². The summed E-state index contributed by atoms with van der Waals surface area (Å²) >= 11 is 6.41. The Kier molecular flexibility index (Phi) is 8.98. The van der Waals surface area contributed by atoms with Crippen LogP contribution in [0.5, 0.6) is 23.0 Å². The fourth-order valence-electron chi connectivity index (χ4n) is 3.00. The molecule has 0 aliphatic carbocycles. The van der Waals surface area contributed by atoms with E-state index >= 15 is 0 Å². The lowest BCUT2D eigenvalue weighted by molar-refractivity contribution is -0.112. The van der Waals surface area contributed by atoms with E-state index < -0.39 is 5.91 Å². The highest BCUT2D eigenvalue weighted by atomic mass is 35.5. The van der Waals surface area contributed by atoms with E-state index in [2.05, 4.69) is 10.5 Å². The zero-order valence-electron chi connectivity index (χ0n) is 19.5. The van der Waals surface area contributed by atoms with Gasteiger partial charge in [-0.05, 0) is 42.8 Å². The molecule has 1 N–H and O–H groups in total. The maximum Gasteiger partial charge on any atom is 0.267 e. The predicted octanol–water partition coefficient (Wildman–Crippen LogP) is 5.05. The molecular formula is C25H24ClN3O6. The molecule has 0 radical (unpaired) electrons. The quantitative estimate of drug-likeness (QED) is 0.222. The molecule has 1 amide bonds. The molecule has 0 aliphatic rings. The number of aromatic nitrogens is 1. The third-order valence-corrected chi connectivity index (χ3v) is 4.92. The zero-order chi connectivity index (χ0) is 25.2. The van der Waals surface area contributed by atoms with Crippen molar-refractivity contribution in [3.63, 3.8) is 0 Å². The smallest absolute Gasteiger partial charge is 0.267 e. The number of methoxy groups -OCH3 is 2. The second-order valence-corrected chi connectivity index (χ2v) is 7.62. The highest BCUT2D eigenvalue weighted by molar-refractivity contribution is 6.32. The summed E-state index contributed by atoms with van der Waals surface area (Å²) < 4.78 is 27.0. The van der Waals surface area contributed by atoms with Crippen LogP contribution in [0.3, 0.4) is 0 Å². The van der Waals surface area contributed by atoms with Crippen LogP contribution in [0.25, 0.3) is 6.08 Å². The molecule has 1 heterocycles. The second-order valence-electron chi connectivity index (χ2n) is 7.21. The van der Waals surface area contributed by atoms with Crippen LogP contribution in [-0.2, 0) is 4.79 Å². The molecule has 3 aromatic rings. The minimum Gasteiger partial charge on any atom is -0.497 e. The Labute approximate surface area is 207 Å². The third kappa shape index (κ3) is 7.16. The molecule has 35 heavy (non-hydrogen) atoms. The molecule has 0 spiro atoms. The lowest BCUT2D eigenvalue weighted by Crippen LogP contribution is -2.13. The molecular weight excluding hydrogens is 474 g/mol. The number of hydrogen-bond donors (Lipinski definition) is 1. The van der Waals surface area contributed by atoms with Crippen molar-refractivity contribution in [3.8, 4) is 29.1 Å². The van der Waals surface area contributed by atoms with Gasteiger partial charge < -0.3 is 28.8 Å². The van der Waals surface area contributed by atoms with Crippen LogP contribution in [0.1, 0.15) is 17.7 Å². The predicted molar refractivity (Wildman–Crippen MR) is 130 cm³/mol. The first-order valence-corrected chi connectivity index (χ1v) is 10.9. The van der Waals surface area contributed by atoms with E-state index in [-0.39, 0.29) is 16.4 Å². The maximum absolute atomic E-state index is 12.4. The van der Waals surface area contributed by atoms with E-state index in [1.165, 1.54) is 13.2 Å². The van der Waals surface area contributed by atoms with Gasteiger partial charge in [-0.2, -0.15) is 5.26 Å². The lowest BCUT2D eigenvalue weighted by atomic mass is 10.1. The number of rotatable bonds is 11. The summed E-state index contributed by atoms with van der Waals surface area (Å²) in [4.78, 5) is 12.4. The molecule has 0 atom stereocenters. The number of halogens is 1. The molecule has 3 rings (SSSR count). The van der Waals surface area contributed by atoms with E-state index in [9.17, 15) is 10.1 Å². The first kappa shape index (κ1) is 25.5.